The van der Waals surface area contributed by atoms with Gasteiger partial charge in [0.2, 0.25) is 0 Å². The van der Waals surface area contributed by atoms with Crippen LogP contribution in [0, 0.1) is 19.7 Å². The van der Waals surface area contributed by atoms with E-state index in [0.29, 0.717) is 12.1 Å². The average molecular weight is 296 g/mol. The number of aryl methyl sites for hydroxylation is 2. The molecule has 0 saturated carbocycles. The van der Waals surface area contributed by atoms with E-state index >= 15 is 0 Å². The van der Waals surface area contributed by atoms with Crippen LogP contribution in [0.4, 0.5) is 4.39 Å². The summed E-state index contributed by atoms with van der Waals surface area (Å²) in [6.07, 6.45) is 1.78. The molecule has 0 bridgehead atoms. The van der Waals surface area contributed by atoms with Crippen molar-refractivity contribution in [1.82, 2.24) is 9.55 Å². The zero-order valence-corrected chi connectivity index (χ0v) is 12.5. The minimum atomic E-state index is -0.359. The summed E-state index contributed by atoms with van der Waals surface area (Å²) in [5, 5.41) is 9.92. The molecular formula is C18H17FN2O. The smallest absolute Gasteiger partial charge is 0.140 e. The number of hydrogen-bond acceptors (Lipinski definition) is 2. The van der Waals surface area contributed by atoms with Crippen LogP contribution < -0.4 is 0 Å². The van der Waals surface area contributed by atoms with Crippen LogP contribution in [-0.4, -0.2) is 14.7 Å². The highest BCUT2D eigenvalue weighted by Gasteiger charge is 2.12. The van der Waals surface area contributed by atoms with Gasteiger partial charge in [0, 0.05) is 23.0 Å². The monoisotopic (exact) mass is 296 g/mol. The molecule has 0 atom stereocenters. The largest absolute Gasteiger partial charge is 0.508 e. The Morgan fingerprint density at radius 2 is 1.82 bits per heavy atom. The van der Waals surface area contributed by atoms with E-state index in [1.165, 1.54) is 23.8 Å². The minimum absolute atomic E-state index is 0.0874. The SMILES string of the molecule is Cc1ccc(-c2ncc(C)n2Cc2cc(F)ccc2O)cc1. The molecule has 0 spiro atoms. The number of phenols is 1. The summed E-state index contributed by atoms with van der Waals surface area (Å²) < 4.78 is 15.4. The van der Waals surface area contributed by atoms with Gasteiger partial charge in [0.15, 0.2) is 0 Å². The standard InChI is InChI=1S/C18H17FN2O/c1-12-3-5-14(6-4-12)18-20-10-13(2)21(18)11-15-9-16(19)7-8-17(15)22/h3-10,22H,11H2,1-2H3. The molecule has 0 aliphatic heterocycles. The molecule has 4 heteroatoms. The highest BCUT2D eigenvalue weighted by Crippen LogP contribution is 2.25. The Bertz CT molecular complexity index is 806. The molecule has 3 nitrogen and oxygen atoms in total. The van der Waals surface area contributed by atoms with E-state index in [1.807, 2.05) is 42.7 Å². The maximum absolute atomic E-state index is 13.4. The van der Waals surface area contributed by atoms with Gasteiger partial charge in [-0.05, 0) is 32.0 Å². The normalized spacial score (nSPS) is 10.9. The van der Waals surface area contributed by atoms with E-state index in [2.05, 4.69) is 4.98 Å². The van der Waals surface area contributed by atoms with Gasteiger partial charge in [-0.1, -0.05) is 29.8 Å². The van der Waals surface area contributed by atoms with Crippen molar-refractivity contribution in [2.45, 2.75) is 20.4 Å². The highest BCUT2D eigenvalue weighted by atomic mass is 19.1. The fourth-order valence-corrected chi connectivity index (χ4v) is 2.44. The van der Waals surface area contributed by atoms with Crippen LogP contribution in [0.1, 0.15) is 16.8 Å². The third kappa shape index (κ3) is 2.72. The van der Waals surface area contributed by atoms with Crippen LogP contribution in [0.3, 0.4) is 0 Å². The summed E-state index contributed by atoms with van der Waals surface area (Å²) in [6, 6.07) is 12.1. The van der Waals surface area contributed by atoms with Crippen LogP contribution >= 0.6 is 0 Å². The first-order valence-electron chi connectivity index (χ1n) is 7.11. The fraction of sp³-hybridized carbons (Fsp3) is 0.167. The van der Waals surface area contributed by atoms with Crippen molar-refractivity contribution >= 4 is 0 Å². The van der Waals surface area contributed by atoms with Crippen molar-refractivity contribution in [3.8, 4) is 17.1 Å². The van der Waals surface area contributed by atoms with Gasteiger partial charge >= 0.3 is 0 Å². The molecule has 22 heavy (non-hydrogen) atoms. The average Bonchev–Trinajstić information content (AvgIpc) is 2.85. The Labute approximate surface area is 128 Å². The van der Waals surface area contributed by atoms with E-state index < -0.39 is 0 Å². The van der Waals surface area contributed by atoms with E-state index in [-0.39, 0.29) is 11.6 Å². The number of nitrogens with zero attached hydrogens (tertiary/aromatic N) is 2. The molecule has 0 aliphatic carbocycles. The van der Waals surface area contributed by atoms with Crippen molar-refractivity contribution in [2.24, 2.45) is 0 Å². The van der Waals surface area contributed by atoms with Gasteiger partial charge in [0.05, 0.1) is 6.54 Å². The van der Waals surface area contributed by atoms with Gasteiger partial charge in [0.25, 0.3) is 0 Å². The van der Waals surface area contributed by atoms with Crippen molar-refractivity contribution in [3.05, 3.63) is 71.3 Å². The number of imidazole rings is 1. The summed E-state index contributed by atoms with van der Waals surface area (Å²) in [4.78, 5) is 4.45. The Balaban J connectivity index is 2.02. The molecule has 0 aliphatic rings. The minimum Gasteiger partial charge on any atom is -0.508 e. The number of aromatic hydroxyl groups is 1. The third-order valence-corrected chi connectivity index (χ3v) is 3.73. The zero-order valence-electron chi connectivity index (χ0n) is 12.5. The zero-order chi connectivity index (χ0) is 15.7. The van der Waals surface area contributed by atoms with E-state index in [1.54, 1.807) is 6.20 Å². The van der Waals surface area contributed by atoms with E-state index in [0.717, 1.165) is 17.1 Å². The first-order valence-corrected chi connectivity index (χ1v) is 7.11. The van der Waals surface area contributed by atoms with Crippen molar-refractivity contribution in [1.29, 1.82) is 0 Å². The summed E-state index contributed by atoms with van der Waals surface area (Å²) >= 11 is 0. The molecular weight excluding hydrogens is 279 g/mol. The number of hydrogen-bond donors (Lipinski definition) is 1. The summed E-state index contributed by atoms with van der Waals surface area (Å²) in [5.74, 6) is 0.535. The predicted molar refractivity (Wildman–Crippen MR) is 84.3 cm³/mol. The summed E-state index contributed by atoms with van der Waals surface area (Å²) in [7, 11) is 0. The van der Waals surface area contributed by atoms with Crippen molar-refractivity contribution in [3.63, 3.8) is 0 Å². The fourth-order valence-electron chi connectivity index (χ4n) is 2.44. The van der Waals surface area contributed by atoms with Crippen LogP contribution in [0.5, 0.6) is 5.75 Å². The number of halogens is 1. The van der Waals surface area contributed by atoms with Crippen molar-refractivity contribution in [2.75, 3.05) is 0 Å². The number of aromatic nitrogens is 2. The lowest BCUT2D eigenvalue weighted by molar-refractivity contribution is 0.463. The molecule has 0 fully saturated rings. The lowest BCUT2D eigenvalue weighted by Crippen LogP contribution is -2.05. The van der Waals surface area contributed by atoms with Crippen LogP contribution in [0.2, 0.25) is 0 Å². The Morgan fingerprint density at radius 3 is 2.55 bits per heavy atom. The second-order valence-electron chi connectivity index (χ2n) is 5.45. The Morgan fingerprint density at radius 1 is 1.09 bits per heavy atom. The van der Waals surface area contributed by atoms with Gasteiger partial charge < -0.3 is 9.67 Å². The summed E-state index contributed by atoms with van der Waals surface area (Å²) in [5.41, 5.74) is 3.67. The molecule has 1 heterocycles. The third-order valence-electron chi connectivity index (χ3n) is 3.73. The Hall–Kier alpha value is -2.62. The van der Waals surface area contributed by atoms with Gasteiger partial charge in [0.1, 0.15) is 17.4 Å². The molecule has 1 N–H and O–H groups in total. The van der Waals surface area contributed by atoms with Crippen LogP contribution in [-0.2, 0) is 6.54 Å². The molecule has 0 amide bonds. The molecule has 1 aromatic heterocycles. The van der Waals surface area contributed by atoms with Gasteiger partial charge in [-0.15, -0.1) is 0 Å². The summed E-state index contributed by atoms with van der Waals surface area (Å²) in [6.45, 7) is 4.35. The van der Waals surface area contributed by atoms with E-state index in [9.17, 15) is 9.50 Å². The van der Waals surface area contributed by atoms with E-state index in [4.69, 9.17) is 0 Å². The topological polar surface area (TPSA) is 38.0 Å². The maximum atomic E-state index is 13.4. The number of rotatable bonds is 3. The Kier molecular flexibility index (Phi) is 3.67. The first kappa shape index (κ1) is 14.3. The lowest BCUT2D eigenvalue weighted by atomic mass is 10.1. The number of phenolic OH excluding ortho intramolecular Hbond substituents is 1. The lowest BCUT2D eigenvalue weighted by Gasteiger charge is -2.12. The molecule has 3 aromatic rings. The first-order chi connectivity index (χ1) is 10.5. The molecule has 0 saturated heterocycles. The quantitative estimate of drug-likeness (QED) is 0.791. The molecule has 0 unspecified atom stereocenters. The second-order valence-corrected chi connectivity index (χ2v) is 5.45. The van der Waals surface area contributed by atoms with Crippen LogP contribution in [0.15, 0.2) is 48.7 Å². The molecule has 0 radical (unpaired) electrons. The second kappa shape index (κ2) is 5.64. The maximum Gasteiger partial charge on any atom is 0.140 e. The molecule has 3 rings (SSSR count). The number of benzene rings is 2. The molecule has 112 valence electrons. The van der Waals surface area contributed by atoms with Crippen LogP contribution in [0.25, 0.3) is 11.4 Å². The van der Waals surface area contributed by atoms with Gasteiger partial charge in [-0.25, -0.2) is 9.37 Å². The predicted octanol–water partition coefficient (Wildman–Crippen LogP) is 4.06. The molecule has 2 aromatic carbocycles. The van der Waals surface area contributed by atoms with Gasteiger partial charge in [-0.2, -0.15) is 0 Å². The van der Waals surface area contributed by atoms with Crippen molar-refractivity contribution < 1.29 is 9.50 Å². The van der Waals surface area contributed by atoms with Gasteiger partial charge in [-0.3, -0.25) is 0 Å². The highest BCUT2D eigenvalue weighted by molar-refractivity contribution is 5.57.